The van der Waals surface area contributed by atoms with Gasteiger partial charge in [0.2, 0.25) is 5.91 Å². The molecule has 0 aliphatic rings. The van der Waals surface area contributed by atoms with Crippen LogP contribution in [-0.2, 0) is 17.2 Å². The van der Waals surface area contributed by atoms with Crippen LogP contribution in [0, 0.1) is 0 Å². The number of amides is 1. The van der Waals surface area contributed by atoms with Crippen molar-refractivity contribution < 1.29 is 9.53 Å². The van der Waals surface area contributed by atoms with Crippen LogP contribution in [0.5, 0.6) is 5.75 Å². The Morgan fingerprint density at radius 3 is 2.57 bits per heavy atom. The van der Waals surface area contributed by atoms with E-state index >= 15 is 0 Å². The van der Waals surface area contributed by atoms with E-state index in [1.807, 2.05) is 72.8 Å². The molecule has 4 nitrogen and oxygen atoms in total. The molecule has 30 heavy (non-hydrogen) atoms. The van der Waals surface area contributed by atoms with Crippen molar-refractivity contribution >= 4 is 51.4 Å². The lowest BCUT2D eigenvalue weighted by atomic mass is 10.2. The second-order valence-electron chi connectivity index (χ2n) is 6.40. The minimum atomic E-state index is -0.130. The first-order chi connectivity index (χ1) is 14.6. The monoisotopic (exact) mass is 502 g/mol. The summed E-state index contributed by atoms with van der Waals surface area (Å²) in [4.78, 5) is 11.9. The third kappa shape index (κ3) is 7.86. The summed E-state index contributed by atoms with van der Waals surface area (Å²) in [6, 6.07) is 23.1. The number of nitrogens with one attached hydrogen (secondary N) is 1. The zero-order valence-corrected chi connectivity index (χ0v) is 19.2. The molecule has 1 amide bonds. The lowest BCUT2D eigenvalue weighted by Gasteiger charge is -2.06. The first-order valence-corrected chi connectivity index (χ1v) is 11.5. The molecule has 1 N–H and O–H groups in total. The molecule has 0 aliphatic heterocycles. The van der Waals surface area contributed by atoms with Gasteiger partial charge in [-0.1, -0.05) is 51.8 Å². The van der Waals surface area contributed by atoms with E-state index in [2.05, 4.69) is 26.5 Å². The normalized spacial score (nSPS) is 10.9. The molecule has 0 saturated carbocycles. The van der Waals surface area contributed by atoms with E-state index in [0.29, 0.717) is 17.4 Å². The number of thioether (sulfide) groups is 1. The van der Waals surface area contributed by atoms with Crippen LogP contribution in [0.15, 0.2) is 82.4 Å². The molecule has 154 valence electrons. The molecule has 3 rings (SSSR count). The van der Waals surface area contributed by atoms with Crippen LogP contribution in [0.3, 0.4) is 0 Å². The van der Waals surface area contributed by atoms with Gasteiger partial charge in [0.25, 0.3) is 0 Å². The fraction of sp³-hybridized carbons (Fsp3) is 0.130. The van der Waals surface area contributed by atoms with Crippen molar-refractivity contribution in [3.63, 3.8) is 0 Å². The number of halogens is 2. The van der Waals surface area contributed by atoms with E-state index in [1.54, 1.807) is 18.0 Å². The summed E-state index contributed by atoms with van der Waals surface area (Å²) in [5, 5.41) is 4.72. The van der Waals surface area contributed by atoms with Crippen LogP contribution in [-0.4, -0.2) is 17.9 Å². The SMILES string of the molecule is O=C(CSCc1cccc(Br)c1)N/N=C\c1ccc(OCc2ccc(Cl)cc2)cc1. The molecule has 0 aliphatic carbocycles. The molecule has 0 bridgehead atoms. The van der Waals surface area contributed by atoms with Gasteiger partial charge in [0.15, 0.2) is 0 Å². The second-order valence-corrected chi connectivity index (χ2v) is 8.74. The van der Waals surface area contributed by atoms with E-state index in [1.165, 1.54) is 5.56 Å². The predicted octanol–water partition coefficient (Wildman–Crippen LogP) is 6.07. The Bertz CT molecular complexity index is 995. The number of carbonyl (C=O) groups is 1. The van der Waals surface area contributed by atoms with Crippen molar-refractivity contribution in [2.45, 2.75) is 12.4 Å². The van der Waals surface area contributed by atoms with Crippen molar-refractivity contribution in [1.29, 1.82) is 0 Å². The number of nitrogens with zero attached hydrogens (tertiary/aromatic N) is 1. The van der Waals surface area contributed by atoms with E-state index in [4.69, 9.17) is 16.3 Å². The lowest BCUT2D eigenvalue weighted by molar-refractivity contribution is -0.118. The van der Waals surface area contributed by atoms with E-state index in [-0.39, 0.29) is 5.91 Å². The van der Waals surface area contributed by atoms with Crippen molar-refractivity contribution in [3.05, 3.63) is 99.0 Å². The zero-order valence-electron chi connectivity index (χ0n) is 16.1. The molecule has 0 fully saturated rings. The molecule has 0 radical (unpaired) electrons. The fourth-order valence-electron chi connectivity index (χ4n) is 2.50. The van der Waals surface area contributed by atoms with Gasteiger partial charge in [0.05, 0.1) is 12.0 Å². The van der Waals surface area contributed by atoms with E-state index in [0.717, 1.165) is 27.1 Å². The van der Waals surface area contributed by atoms with E-state index in [9.17, 15) is 4.79 Å². The summed E-state index contributed by atoms with van der Waals surface area (Å²) in [5.41, 5.74) is 5.64. The highest BCUT2D eigenvalue weighted by Gasteiger charge is 2.01. The van der Waals surface area contributed by atoms with Crippen molar-refractivity contribution in [2.24, 2.45) is 5.10 Å². The van der Waals surface area contributed by atoms with Gasteiger partial charge in [0.1, 0.15) is 12.4 Å². The summed E-state index contributed by atoms with van der Waals surface area (Å²) in [6.07, 6.45) is 1.61. The number of hydrogen-bond donors (Lipinski definition) is 1. The van der Waals surface area contributed by atoms with Crippen molar-refractivity contribution in [3.8, 4) is 5.75 Å². The van der Waals surface area contributed by atoms with Gasteiger partial charge in [-0.2, -0.15) is 5.10 Å². The van der Waals surface area contributed by atoms with Gasteiger partial charge in [-0.25, -0.2) is 5.43 Å². The third-order valence-corrected chi connectivity index (χ3v) is 5.74. The number of ether oxygens (including phenoxy) is 1. The van der Waals surface area contributed by atoms with Crippen LogP contribution in [0.25, 0.3) is 0 Å². The number of benzene rings is 3. The molecule has 0 unspecified atom stereocenters. The molecular formula is C23H20BrClN2O2S. The molecule has 7 heteroatoms. The first kappa shape index (κ1) is 22.4. The van der Waals surface area contributed by atoms with Crippen LogP contribution in [0.1, 0.15) is 16.7 Å². The Balaban J connectivity index is 1.38. The van der Waals surface area contributed by atoms with Crippen LogP contribution < -0.4 is 10.2 Å². The Kier molecular flexibility index (Phi) is 8.81. The highest BCUT2D eigenvalue weighted by molar-refractivity contribution is 9.10. The summed E-state index contributed by atoms with van der Waals surface area (Å²) in [5.74, 6) is 1.75. The van der Waals surface area contributed by atoms with Gasteiger partial charge in [-0.3, -0.25) is 4.79 Å². The van der Waals surface area contributed by atoms with Crippen LogP contribution in [0.2, 0.25) is 5.02 Å². The summed E-state index contributed by atoms with van der Waals surface area (Å²) >= 11 is 10.9. The zero-order chi connectivity index (χ0) is 21.2. The van der Waals surface area contributed by atoms with Gasteiger partial charge in [0, 0.05) is 15.2 Å². The molecule has 3 aromatic carbocycles. The van der Waals surface area contributed by atoms with Crippen LogP contribution in [0.4, 0.5) is 0 Å². The van der Waals surface area contributed by atoms with Crippen molar-refractivity contribution in [2.75, 3.05) is 5.75 Å². The molecule has 0 atom stereocenters. The maximum absolute atomic E-state index is 11.9. The largest absolute Gasteiger partial charge is 0.489 e. The van der Waals surface area contributed by atoms with Gasteiger partial charge >= 0.3 is 0 Å². The van der Waals surface area contributed by atoms with Gasteiger partial charge < -0.3 is 4.74 Å². The summed E-state index contributed by atoms with van der Waals surface area (Å²) in [6.45, 7) is 0.470. The van der Waals surface area contributed by atoms with Gasteiger partial charge in [-0.15, -0.1) is 11.8 Å². The second kappa shape index (κ2) is 11.8. The predicted molar refractivity (Wildman–Crippen MR) is 128 cm³/mol. The molecule has 0 saturated heterocycles. The quantitative estimate of drug-likeness (QED) is 0.285. The Morgan fingerprint density at radius 2 is 1.83 bits per heavy atom. The summed E-state index contributed by atoms with van der Waals surface area (Å²) in [7, 11) is 0. The molecular weight excluding hydrogens is 484 g/mol. The molecule has 0 aromatic heterocycles. The van der Waals surface area contributed by atoms with Crippen molar-refractivity contribution in [1.82, 2.24) is 5.43 Å². The maximum atomic E-state index is 11.9. The standard InChI is InChI=1S/C23H20BrClN2O2S/c24-20-3-1-2-19(12-20)15-30-16-23(28)27-26-13-17-6-10-22(11-7-17)29-14-18-4-8-21(25)9-5-18/h1-13H,14-16H2,(H,27,28)/b26-13-. The average molecular weight is 504 g/mol. The smallest absolute Gasteiger partial charge is 0.250 e. The molecule has 0 heterocycles. The maximum Gasteiger partial charge on any atom is 0.250 e. The molecule has 0 spiro atoms. The lowest BCUT2D eigenvalue weighted by Crippen LogP contribution is -2.19. The average Bonchev–Trinajstić information content (AvgIpc) is 2.74. The Labute approximate surface area is 193 Å². The summed E-state index contributed by atoms with van der Waals surface area (Å²) < 4.78 is 6.79. The van der Waals surface area contributed by atoms with Crippen LogP contribution >= 0.6 is 39.3 Å². The Morgan fingerprint density at radius 1 is 1.07 bits per heavy atom. The van der Waals surface area contributed by atoms with E-state index < -0.39 is 0 Å². The minimum absolute atomic E-state index is 0.130. The third-order valence-electron chi connectivity index (χ3n) is 3.99. The number of hydrogen-bond acceptors (Lipinski definition) is 4. The number of carbonyl (C=O) groups excluding carboxylic acids is 1. The van der Waals surface area contributed by atoms with Gasteiger partial charge in [-0.05, 0) is 65.2 Å². The topological polar surface area (TPSA) is 50.7 Å². The molecule has 3 aromatic rings. The Hall–Kier alpha value is -2.28. The minimum Gasteiger partial charge on any atom is -0.489 e. The number of hydrazone groups is 1. The first-order valence-electron chi connectivity index (χ1n) is 9.20. The highest BCUT2D eigenvalue weighted by Crippen LogP contribution is 2.17. The highest BCUT2D eigenvalue weighted by atomic mass is 79.9. The fourth-order valence-corrected chi connectivity index (χ4v) is 3.84. The number of rotatable bonds is 9.